The molecule has 1 N–H and O–H groups in total. The van der Waals surface area contributed by atoms with E-state index in [0.29, 0.717) is 19.8 Å². The Bertz CT molecular complexity index is 330. The SMILES string of the molecule is O=C(O)CC1COCCN1c1ncns1. The van der Waals surface area contributed by atoms with Crippen LogP contribution in [0.1, 0.15) is 6.42 Å². The first-order chi connectivity index (χ1) is 7.27. The summed E-state index contributed by atoms with van der Waals surface area (Å²) in [5.74, 6) is -0.819. The predicted molar refractivity (Wildman–Crippen MR) is 54.1 cm³/mol. The number of carboxylic acid groups (broad SMARTS) is 1. The van der Waals surface area contributed by atoms with Gasteiger partial charge in [0.2, 0.25) is 5.13 Å². The van der Waals surface area contributed by atoms with Gasteiger partial charge in [0, 0.05) is 18.1 Å². The number of hydrogen-bond donors (Lipinski definition) is 1. The smallest absolute Gasteiger partial charge is 0.305 e. The molecule has 0 amide bonds. The van der Waals surface area contributed by atoms with Crippen LogP contribution in [0.2, 0.25) is 0 Å². The van der Waals surface area contributed by atoms with Crippen LogP contribution in [-0.2, 0) is 9.53 Å². The number of aliphatic carboxylic acids is 1. The molecule has 1 aromatic heterocycles. The van der Waals surface area contributed by atoms with Gasteiger partial charge in [-0.05, 0) is 0 Å². The number of rotatable bonds is 3. The van der Waals surface area contributed by atoms with Gasteiger partial charge in [0.05, 0.1) is 25.7 Å². The minimum absolute atomic E-state index is 0.0690. The van der Waals surface area contributed by atoms with Gasteiger partial charge in [-0.3, -0.25) is 4.79 Å². The number of morpholine rings is 1. The zero-order valence-electron chi connectivity index (χ0n) is 8.00. The van der Waals surface area contributed by atoms with Crippen molar-refractivity contribution in [1.29, 1.82) is 0 Å². The summed E-state index contributed by atoms with van der Waals surface area (Å²) >= 11 is 1.28. The van der Waals surface area contributed by atoms with E-state index in [-0.39, 0.29) is 12.5 Å². The van der Waals surface area contributed by atoms with Gasteiger partial charge in [-0.15, -0.1) is 0 Å². The third kappa shape index (κ3) is 2.42. The summed E-state index contributed by atoms with van der Waals surface area (Å²) < 4.78 is 9.17. The second kappa shape index (κ2) is 4.54. The Hall–Kier alpha value is -1.21. The van der Waals surface area contributed by atoms with Gasteiger partial charge in [-0.1, -0.05) is 0 Å². The first kappa shape index (κ1) is 10.3. The molecule has 1 aliphatic heterocycles. The molecule has 6 nitrogen and oxygen atoms in total. The molecule has 1 saturated heterocycles. The maximum atomic E-state index is 10.7. The number of anilines is 1. The van der Waals surface area contributed by atoms with Gasteiger partial charge < -0.3 is 14.7 Å². The van der Waals surface area contributed by atoms with Crippen LogP contribution < -0.4 is 4.90 Å². The molecule has 1 atom stereocenters. The lowest BCUT2D eigenvalue weighted by molar-refractivity contribution is -0.138. The Morgan fingerprint density at radius 2 is 2.67 bits per heavy atom. The standard InChI is InChI=1S/C8H11N3O3S/c12-7(13)3-6-4-14-2-1-11(6)8-9-5-10-15-8/h5-6H,1-4H2,(H,12,13). The Labute approximate surface area is 90.7 Å². The lowest BCUT2D eigenvalue weighted by Crippen LogP contribution is -2.46. The molecule has 1 aromatic rings. The molecule has 15 heavy (non-hydrogen) atoms. The summed E-state index contributed by atoms with van der Waals surface area (Å²) in [5.41, 5.74) is 0. The molecule has 0 aromatic carbocycles. The topological polar surface area (TPSA) is 75.6 Å². The van der Waals surface area contributed by atoms with E-state index in [1.54, 1.807) is 0 Å². The highest BCUT2D eigenvalue weighted by Crippen LogP contribution is 2.21. The molecule has 0 radical (unpaired) electrons. The molecule has 0 spiro atoms. The molecule has 0 bridgehead atoms. The summed E-state index contributed by atoms with van der Waals surface area (Å²) in [7, 11) is 0. The van der Waals surface area contributed by atoms with Crippen LogP contribution >= 0.6 is 11.5 Å². The number of carboxylic acids is 1. The van der Waals surface area contributed by atoms with Crippen molar-refractivity contribution in [3.8, 4) is 0 Å². The lowest BCUT2D eigenvalue weighted by Gasteiger charge is -2.34. The van der Waals surface area contributed by atoms with Crippen LogP contribution in [-0.4, -0.2) is 46.2 Å². The van der Waals surface area contributed by atoms with Crippen LogP contribution in [0, 0.1) is 0 Å². The van der Waals surface area contributed by atoms with Crippen molar-refractivity contribution in [3.63, 3.8) is 0 Å². The van der Waals surface area contributed by atoms with Gasteiger partial charge in [0.15, 0.2) is 0 Å². The van der Waals surface area contributed by atoms with Gasteiger partial charge >= 0.3 is 5.97 Å². The fraction of sp³-hybridized carbons (Fsp3) is 0.625. The second-order valence-corrected chi connectivity index (χ2v) is 4.00. The number of carbonyl (C=O) groups is 1. The summed E-state index contributed by atoms with van der Waals surface area (Å²) in [6, 6.07) is -0.135. The van der Waals surface area contributed by atoms with E-state index in [0.717, 1.165) is 5.13 Å². The van der Waals surface area contributed by atoms with E-state index in [1.807, 2.05) is 4.90 Å². The van der Waals surface area contributed by atoms with Crippen molar-refractivity contribution in [2.75, 3.05) is 24.7 Å². The minimum Gasteiger partial charge on any atom is -0.481 e. The van der Waals surface area contributed by atoms with Crippen molar-refractivity contribution < 1.29 is 14.6 Å². The minimum atomic E-state index is -0.819. The van der Waals surface area contributed by atoms with Crippen molar-refractivity contribution in [1.82, 2.24) is 9.36 Å². The fourth-order valence-electron chi connectivity index (χ4n) is 1.57. The molecular weight excluding hydrogens is 218 g/mol. The predicted octanol–water partition coefficient (Wildman–Crippen LogP) is 0.218. The van der Waals surface area contributed by atoms with E-state index in [4.69, 9.17) is 9.84 Å². The van der Waals surface area contributed by atoms with Crippen LogP contribution in [0.3, 0.4) is 0 Å². The van der Waals surface area contributed by atoms with E-state index >= 15 is 0 Å². The molecule has 1 fully saturated rings. The zero-order valence-corrected chi connectivity index (χ0v) is 8.81. The van der Waals surface area contributed by atoms with E-state index in [2.05, 4.69) is 9.36 Å². The first-order valence-electron chi connectivity index (χ1n) is 4.60. The molecular formula is C8H11N3O3S. The first-order valence-corrected chi connectivity index (χ1v) is 5.37. The molecule has 7 heteroatoms. The lowest BCUT2D eigenvalue weighted by atomic mass is 10.2. The molecule has 1 aliphatic rings. The van der Waals surface area contributed by atoms with E-state index < -0.39 is 5.97 Å². The van der Waals surface area contributed by atoms with Crippen LogP contribution in [0.15, 0.2) is 6.33 Å². The zero-order chi connectivity index (χ0) is 10.7. The maximum Gasteiger partial charge on any atom is 0.305 e. The number of hydrogen-bond acceptors (Lipinski definition) is 6. The Morgan fingerprint density at radius 1 is 1.80 bits per heavy atom. The van der Waals surface area contributed by atoms with Crippen molar-refractivity contribution in [2.45, 2.75) is 12.5 Å². The van der Waals surface area contributed by atoms with E-state index in [9.17, 15) is 4.79 Å². The summed E-state index contributed by atoms with van der Waals surface area (Å²) in [5, 5.41) is 9.53. The van der Waals surface area contributed by atoms with E-state index in [1.165, 1.54) is 17.9 Å². The summed E-state index contributed by atoms with van der Waals surface area (Å²) in [6.45, 7) is 1.72. The maximum absolute atomic E-state index is 10.7. The number of aromatic nitrogens is 2. The third-order valence-electron chi connectivity index (χ3n) is 2.23. The van der Waals surface area contributed by atoms with Gasteiger partial charge in [-0.25, -0.2) is 4.98 Å². The highest BCUT2D eigenvalue weighted by molar-refractivity contribution is 7.09. The largest absolute Gasteiger partial charge is 0.481 e. The molecule has 1 unspecified atom stereocenters. The fourth-order valence-corrected chi connectivity index (χ4v) is 2.20. The van der Waals surface area contributed by atoms with Crippen LogP contribution in [0.4, 0.5) is 5.13 Å². The number of nitrogens with zero attached hydrogens (tertiary/aromatic N) is 3. The summed E-state index contributed by atoms with van der Waals surface area (Å²) in [4.78, 5) is 16.7. The number of ether oxygens (including phenoxy) is 1. The molecule has 0 aliphatic carbocycles. The normalized spacial score (nSPS) is 21.6. The molecule has 82 valence electrons. The molecule has 2 rings (SSSR count). The third-order valence-corrected chi connectivity index (χ3v) is 2.94. The average molecular weight is 229 g/mol. The van der Waals surface area contributed by atoms with Crippen molar-refractivity contribution in [2.24, 2.45) is 0 Å². The Kier molecular flexibility index (Phi) is 3.12. The quantitative estimate of drug-likeness (QED) is 0.799. The second-order valence-electron chi connectivity index (χ2n) is 3.24. The Morgan fingerprint density at radius 3 is 3.33 bits per heavy atom. The van der Waals surface area contributed by atoms with Crippen molar-refractivity contribution in [3.05, 3.63) is 6.33 Å². The summed E-state index contributed by atoms with van der Waals surface area (Å²) in [6.07, 6.45) is 1.55. The Balaban J connectivity index is 2.09. The highest BCUT2D eigenvalue weighted by Gasteiger charge is 2.27. The van der Waals surface area contributed by atoms with Crippen molar-refractivity contribution >= 4 is 22.6 Å². The molecule has 2 heterocycles. The van der Waals surface area contributed by atoms with Gasteiger partial charge in [0.1, 0.15) is 6.33 Å². The van der Waals surface area contributed by atoms with Crippen LogP contribution in [0.5, 0.6) is 0 Å². The highest BCUT2D eigenvalue weighted by atomic mass is 32.1. The van der Waals surface area contributed by atoms with Crippen LogP contribution in [0.25, 0.3) is 0 Å². The van der Waals surface area contributed by atoms with Gasteiger partial charge in [-0.2, -0.15) is 4.37 Å². The molecule has 0 saturated carbocycles. The monoisotopic (exact) mass is 229 g/mol. The average Bonchev–Trinajstić information content (AvgIpc) is 2.70. The van der Waals surface area contributed by atoms with Gasteiger partial charge in [0.25, 0.3) is 0 Å².